The summed E-state index contributed by atoms with van der Waals surface area (Å²) in [6.07, 6.45) is 3.31. The predicted octanol–water partition coefficient (Wildman–Crippen LogP) is -1.67. The number of aliphatic carboxylic acids is 1. The minimum atomic E-state index is -1.09. The second-order valence-electron chi connectivity index (χ2n) is 7.36. The maximum atomic E-state index is 12.0. The van der Waals surface area contributed by atoms with E-state index in [1.54, 1.807) is 4.90 Å². The Morgan fingerprint density at radius 2 is 1.78 bits per heavy atom. The van der Waals surface area contributed by atoms with Crippen molar-refractivity contribution in [1.29, 1.82) is 0 Å². The molecule has 0 aromatic heterocycles. The number of amides is 1. The summed E-state index contributed by atoms with van der Waals surface area (Å²) in [6.45, 7) is 7.23. The van der Waals surface area contributed by atoms with E-state index in [9.17, 15) is 14.7 Å². The van der Waals surface area contributed by atoms with Gasteiger partial charge in [0.25, 0.3) is 0 Å². The summed E-state index contributed by atoms with van der Waals surface area (Å²) in [4.78, 5) is 24.8. The second-order valence-corrected chi connectivity index (χ2v) is 7.36. The zero-order valence-corrected chi connectivity index (χ0v) is 16.7. The van der Waals surface area contributed by atoms with E-state index in [0.717, 1.165) is 19.3 Å². The summed E-state index contributed by atoms with van der Waals surface area (Å²) in [7, 11) is 0. The number of carboxylic acid groups (broad SMARTS) is 1. The van der Waals surface area contributed by atoms with Gasteiger partial charge in [0.15, 0.2) is 0 Å². The second kappa shape index (κ2) is 8.19. The van der Waals surface area contributed by atoms with Crippen LogP contribution in [-0.4, -0.2) is 47.9 Å². The molecule has 1 saturated heterocycles. The molecule has 0 N–H and O–H groups in total. The maximum absolute atomic E-state index is 12.0. The molecule has 0 spiro atoms. The summed E-state index contributed by atoms with van der Waals surface area (Å²) in [5.74, 6) is -0.805. The van der Waals surface area contributed by atoms with Crippen LogP contribution in [0, 0.1) is 5.92 Å². The number of rotatable bonds is 4. The molecule has 0 atom stereocenters. The van der Waals surface area contributed by atoms with Crippen molar-refractivity contribution in [3.63, 3.8) is 0 Å². The molecule has 1 amide bonds. The van der Waals surface area contributed by atoms with Crippen LogP contribution in [0.2, 0.25) is 0 Å². The molecule has 23 heavy (non-hydrogen) atoms. The van der Waals surface area contributed by atoms with Crippen molar-refractivity contribution in [2.75, 3.05) is 19.7 Å². The number of carboxylic acids is 1. The molecule has 0 bridgehead atoms. The Hall–Kier alpha value is -0.300. The maximum Gasteiger partial charge on any atom is 1.00 e. The summed E-state index contributed by atoms with van der Waals surface area (Å²) in [6, 6.07) is 0. The Labute approximate surface area is 160 Å². The first-order chi connectivity index (χ1) is 10.2. The van der Waals surface area contributed by atoms with E-state index in [1.807, 2.05) is 20.8 Å². The van der Waals surface area contributed by atoms with Gasteiger partial charge >= 0.3 is 35.7 Å². The SMILES string of the molecule is CC(C)(C)OC(=O)N1CCC(COC2(C(=O)[O-])CCC2)CC1.[Na+]. The fraction of sp³-hybridized carbons (Fsp3) is 0.875. The zero-order chi connectivity index (χ0) is 16.4. The van der Waals surface area contributed by atoms with Gasteiger partial charge in [0, 0.05) is 13.1 Å². The molecule has 7 heteroatoms. The number of carbonyl (C=O) groups is 2. The molecular formula is C16H26NNaO5. The van der Waals surface area contributed by atoms with Crippen LogP contribution >= 0.6 is 0 Å². The first-order valence-electron chi connectivity index (χ1n) is 8.05. The number of carbonyl (C=O) groups excluding carboxylic acids is 2. The number of piperidine rings is 1. The number of likely N-dealkylation sites (tertiary alicyclic amines) is 1. The Bertz CT molecular complexity index is 423. The van der Waals surface area contributed by atoms with Crippen molar-refractivity contribution in [2.24, 2.45) is 5.92 Å². The summed E-state index contributed by atoms with van der Waals surface area (Å²) < 4.78 is 11.0. The first-order valence-corrected chi connectivity index (χ1v) is 8.05. The largest absolute Gasteiger partial charge is 1.00 e. The Balaban J connectivity index is 0.00000264. The molecule has 1 aliphatic heterocycles. The van der Waals surface area contributed by atoms with Crippen molar-refractivity contribution in [1.82, 2.24) is 4.90 Å². The van der Waals surface area contributed by atoms with Gasteiger partial charge in [-0.05, 0) is 58.8 Å². The third kappa shape index (κ3) is 5.62. The van der Waals surface area contributed by atoms with Crippen molar-refractivity contribution < 1.29 is 53.7 Å². The molecular weight excluding hydrogens is 309 g/mol. The van der Waals surface area contributed by atoms with E-state index in [1.165, 1.54) is 0 Å². The minimum Gasteiger partial charge on any atom is -0.547 e. The van der Waals surface area contributed by atoms with Gasteiger partial charge in [-0.1, -0.05) is 0 Å². The van der Waals surface area contributed by atoms with E-state index in [-0.39, 0.29) is 41.6 Å². The average Bonchev–Trinajstić information content (AvgIpc) is 2.35. The molecule has 0 aromatic carbocycles. The van der Waals surface area contributed by atoms with Gasteiger partial charge in [-0.3, -0.25) is 0 Å². The number of ether oxygens (including phenoxy) is 2. The number of hydrogen-bond acceptors (Lipinski definition) is 5. The number of hydrogen-bond donors (Lipinski definition) is 0. The van der Waals surface area contributed by atoms with Crippen molar-refractivity contribution in [3.8, 4) is 0 Å². The standard InChI is InChI=1S/C16H27NO5.Na/c1-15(2,3)22-14(20)17-9-5-12(6-10-17)11-21-16(13(18)19)7-4-8-16;/h12H,4-11H2,1-3H3,(H,18,19);/q;+1/p-1. The fourth-order valence-corrected chi connectivity index (χ4v) is 2.79. The van der Waals surface area contributed by atoms with Gasteiger partial charge < -0.3 is 24.3 Å². The molecule has 0 radical (unpaired) electrons. The van der Waals surface area contributed by atoms with Gasteiger partial charge in [-0.25, -0.2) is 4.79 Å². The topological polar surface area (TPSA) is 78.9 Å². The van der Waals surface area contributed by atoms with Gasteiger partial charge in [0.2, 0.25) is 0 Å². The van der Waals surface area contributed by atoms with Gasteiger partial charge in [0.1, 0.15) is 11.2 Å². The van der Waals surface area contributed by atoms with Gasteiger partial charge in [-0.15, -0.1) is 0 Å². The molecule has 1 heterocycles. The van der Waals surface area contributed by atoms with E-state index in [2.05, 4.69) is 0 Å². The van der Waals surface area contributed by atoms with Gasteiger partial charge in [0.05, 0.1) is 12.6 Å². The molecule has 2 fully saturated rings. The third-order valence-corrected chi connectivity index (χ3v) is 4.39. The summed E-state index contributed by atoms with van der Waals surface area (Å²) in [5.41, 5.74) is -1.54. The minimum absolute atomic E-state index is 0. The van der Waals surface area contributed by atoms with Crippen LogP contribution in [0.1, 0.15) is 52.9 Å². The molecule has 2 aliphatic rings. The van der Waals surface area contributed by atoms with Crippen molar-refractivity contribution >= 4 is 12.1 Å². The Kier molecular flexibility index (Phi) is 7.38. The summed E-state index contributed by atoms with van der Waals surface area (Å²) in [5, 5.41) is 11.1. The molecule has 2 rings (SSSR count). The van der Waals surface area contributed by atoms with Crippen molar-refractivity contribution in [3.05, 3.63) is 0 Å². The molecule has 6 nitrogen and oxygen atoms in total. The monoisotopic (exact) mass is 335 g/mol. The average molecular weight is 335 g/mol. The Morgan fingerprint density at radius 1 is 1.22 bits per heavy atom. The van der Waals surface area contributed by atoms with Crippen LogP contribution in [0.25, 0.3) is 0 Å². The smallest absolute Gasteiger partial charge is 0.547 e. The Morgan fingerprint density at radius 3 is 2.17 bits per heavy atom. The van der Waals surface area contributed by atoms with E-state index >= 15 is 0 Å². The van der Waals surface area contributed by atoms with Crippen LogP contribution < -0.4 is 34.7 Å². The van der Waals surface area contributed by atoms with Crippen molar-refractivity contribution in [2.45, 2.75) is 64.1 Å². The van der Waals surface area contributed by atoms with Crippen LogP contribution in [0.15, 0.2) is 0 Å². The van der Waals surface area contributed by atoms with Crippen LogP contribution in [0.5, 0.6) is 0 Å². The third-order valence-electron chi connectivity index (χ3n) is 4.39. The molecule has 0 unspecified atom stereocenters. The van der Waals surface area contributed by atoms with Crippen LogP contribution in [0.4, 0.5) is 4.79 Å². The number of nitrogens with zero attached hydrogens (tertiary/aromatic N) is 1. The molecule has 1 saturated carbocycles. The van der Waals surface area contributed by atoms with E-state index in [4.69, 9.17) is 9.47 Å². The van der Waals surface area contributed by atoms with E-state index < -0.39 is 17.2 Å². The zero-order valence-electron chi connectivity index (χ0n) is 14.7. The van der Waals surface area contributed by atoms with Crippen LogP contribution in [0.3, 0.4) is 0 Å². The summed E-state index contributed by atoms with van der Waals surface area (Å²) >= 11 is 0. The van der Waals surface area contributed by atoms with E-state index in [0.29, 0.717) is 32.5 Å². The fourth-order valence-electron chi connectivity index (χ4n) is 2.79. The molecule has 0 aromatic rings. The van der Waals surface area contributed by atoms with Gasteiger partial charge in [-0.2, -0.15) is 0 Å². The molecule has 1 aliphatic carbocycles. The predicted molar refractivity (Wildman–Crippen MR) is 78.1 cm³/mol. The first kappa shape index (κ1) is 20.7. The molecule has 126 valence electrons. The van der Waals surface area contributed by atoms with Crippen LogP contribution in [-0.2, 0) is 14.3 Å². The quantitative estimate of drug-likeness (QED) is 0.574. The normalized spacial score (nSPS) is 21.1.